The van der Waals surface area contributed by atoms with E-state index in [1.807, 2.05) is 0 Å². The first-order chi connectivity index (χ1) is 9.93. The van der Waals surface area contributed by atoms with E-state index in [4.69, 9.17) is 9.84 Å². The summed E-state index contributed by atoms with van der Waals surface area (Å²) in [6.07, 6.45) is 3.02. The molecule has 0 saturated heterocycles. The van der Waals surface area contributed by atoms with Crippen LogP contribution in [0.5, 0.6) is 0 Å². The van der Waals surface area contributed by atoms with Gasteiger partial charge >= 0.3 is 5.97 Å². The Labute approximate surface area is 122 Å². The number of methoxy groups -OCH3 is 1. The van der Waals surface area contributed by atoms with Crippen molar-refractivity contribution < 1.29 is 24.5 Å². The average molecular weight is 294 g/mol. The molecule has 0 spiro atoms. The normalized spacial score (nSPS) is 12.3. The van der Waals surface area contributed by atoms with E-state index in [1.54, 1.807) is 13.1 Å². The van der Waals surface area contributed by atoms with Gasteiger partial charge in [-0.2, -0.15) is 0 Å². The fourth-order valence-electron chi connectivity index (χ4n) is 1.64. The van der Waals surface area contributed by atoms with Crippen molar-refractivity contribution in [2.24, 2.45) is 0 Å². The predicted molar refractivity (Wildman–Crippen MR) is 75.8 cm³/mol. The number of hydrogen-bond donors (Lipinski definition) is 2. The topological polar surface area (TPSA) is 100.0 Å². The van der Waals surface area contributed by atoms with Crippen LogP contribution < -0.4 is 0 Å². The molecule has 21 heavy (non-hydrogen) atoms. The third-order valence-corrected chi connectivity index (χ3v) is 2.61. The Hall–Kier alpha value is -2.25. The van der Waals surface area contributed by atoms with Crippen molar-refractivity contribution in [2.45, 2.75) is 6.10 Å². The lowest BCUT2D eigenvalue weighted by Gasteiger charge is -2.20. The van der Waals surface area contributed by atoms with Gasteiger partial charge in [-0.3, -0.25) is 9.78 Å². The molecule has 1 atom stereocenters. The van der Waals surface area contributed by atoms with Crippen molar-refractivity contribution in [3.05, 3.63) is 35.7 Å². The molecule has 1 unspecified atom stereocenters. The second kappa shape index (κ2) is 8.13. The van der Waals surface area contributed by atoms with Crippen LogP contribution in [-0.4, -0.2) is 65.4 Å². The molecule has 0 aromatic carbocycles. The highest BCUT2D eigenvalue weighted by Gasteiger charge is 2.16. The largest absolute Gasteiger partial charge is 0.478 e. The quantitative estimate of drug-likeness (QED) is 0.700. The average Bonchev–Trinajstić information content (AvgIpc) is 2.45. The number of carboxylic acids is 1. The third-order valence-electron chi connectivity index (χ3n) is 2.61. The van der Waals surface area contributed by atoms with E-state index < -0.39 is 12.1 Å². The number of carboxylic acid groups (broad SMARTS) is 1. The predicted octanol–water partition coefficient (Wildman–Crippen LogP) is 0.259. The molecular formula is C14H18N2O5. The summed E-state index contributed by atoms with van der Waals surface area (Å²) in [5.41, 5.74) is 0.797. The van der Waals surface area contributed by atoms with Crippen LogP contribution in [0.4, 0.5) is 0 Å². The third kappa shape index (κ3) is 5.72. The van der Waals surface area contributed by atoms with Gasteiger partial charge in [0.15, 0.2) is 0 Å². The highest BCUT2D eigenvalue weighted by molar-refractivity contribution is 5.92. The van der Waals surface area contributed by atoms with E-state index in [9.17, 15) is 14.7 Å². The first-order valence-electron chi connectivity index (χ1n) is 6.23. The van der Waals surface area contributed by atoms with E-state index in [0.717, 1.165) is 6.08 Å². The number of nitrogens with zero attached hydrogens (tertiary/aromatic N) is 2. The minimum absolute atomic E-state index is 0.134. The lowest BCUT2D eigenvalue weighted by molar-refractivity contribution is -0.131. The maximum absolute atomic E-state index is 12.1. The minimum Gasteiger partial charge on any atom is -0.478 e. The molecule has 0 aliphatic rings. The van der Waals surface area contributed by atoms with Crippen molar-refractivity contribution in [2.75, 3.05) is 27.3 Å². The molecule has 1 heterocycles. The Kier molecular flexibility index (Phi) is 6.51. The first kappa shape index (κ1) is 16.8. The Morgan fingerprint density at radius 2 is 2.19 bits per heavy atom. The van der Waals surface area contributed by atoms with E-state index in [2.05, 4.69) is 4.98 Å². The monoisotopic (exact) mass is 294 g/mol. The molecule has 0 aliphatic heterocycles. The SMILES string of the molecule is COCC(O)CN(C)C(=O)c1ccc(C=CC(=O)O)cn1. The van der Waals surface area contributed by atoms with Crippen LogP contribution in [0.1, 0.15) is 16.1 Å². The molecule has 0 bridgehead atoms. The van der Waals surface area contributed by atoms with Gasteiger partial charge in [0.25, 0.3) is 5.91 Å². The molecule has 114 valence electrons. The van der Waals surface area contributed by atoms with Gasteiger partial charge in [0.2, 0.25) is 0 Å². The number of ether oxygens (including phenoxy) is 1. The van der Waals surface area contributed by atoms with Gasteiger partial charge in [-0.25, -0.2) is 4.79 Å². The number of pyridine rings is 1. The lowest BCUT2D eigenvalue weighted by Crippen LogP contribution is -2.36. The number of likely N-dealkylation sites (N-methyl/N-ethyl adjacent to an activating group) is 1. The number of carbonyl (C=O) groups is 2. The molecule has 1 amide bonds. The number of rotatable bonds is 7. The van der Waals surface area contributed by atoms with Gasteiger partial charge in [0.05, 0.1) is 12.7 Å². The Balaban J connectivity index is 2.68. The molecule has 2 N–H and O–H groups in total. The Morgan fingerprint density at radius 1 is 1.48 bits per heavy atom. The molecule has 0 saturated carbocycles. The van der Waals surface area contributed by atoms with Crippen LogP contribution in [0, 0.1) is 0 Å². The van der Waals surface area contributed by atoms with Crippen molar-refractivity contribution in [1.29, 1.82) is 0 Å². The van der Waals surface area contributed by atoms with E-state index >= 15 is 0 Å². The van der Waals surface area contributed by atoms with Crippen LogP contribution in [0.3, 0.4) is 0 Å². The van der Waals surface area contributed by atoms with Gasteiger partial charge in [-0.15, -0.1) is 0 Å². The smallest absolute Gasteiger partial charge is 0.328 e. The van der Waals surface area contributed by atoms with Crippen LogP contribution in [-0.2, 0) is 9.53 Å². The molecular weight excluding hydrogens is 276 g/mol. The summed E-state index contributed by atoms with van der Waals surface area (Å²) in [7, 11) is 3.02. The molecule has 1 aromatic heterocycles. The summed E-state index contributed by atoms with van der Waals surface area (Å²) in [5.74, 6) is -1.39. The Morgan fingerprint density at radius 3 is 2.71 bits per heavy atom. The van der Waals surface area contributed by atoms with Crippen molar-refractivity contribution in [3.8, 4) is 0 Å². The van der Waals surface area contributed by atoms with Crippen molar-refractivity contribution in [3.63, 3.8) is 0 Å². The molecule has 1 aromatic rings. The van der Waals surface area contributed by atoms with E-state index in [0.29, 0.717) is 5.56 Å². The maximum atomic E-state index is 12.1. The number of aliphatic hydroxyl groups is 1. The molecule has 1 rings (SSSR count). The Bertz CT molecular complexity index is 513. The van der Waals surface area contributed by atoms with E-state index in [-0.39, 0.29) is 24.8 Å². The number of amides is 1. The first-order valence-corrected chi connectivity index (χ1v) is 6.23. The minimum atomic E-state index is -1.05. The summed E-state index contributed by atoms with van der Waals surface area (Å²) in [6.45, 7) is 0.277. The molecule has 0 radical (unpaired) electrons. The van der Waals surface area contributed by atoms with Gasteiger partial charge < -0.3 is 19.8 Å². The van der Waals surface area contributed by atoms with Crippen LogP contribution in [0.15, 0.2) is 24.4 Å². The second-order valence-corrected chi connectivity index (χ2v) is 4.44. The summed E-state index contributed by atoms with van der Waals surface area (Å²) < 4.78 is 4.79. The lowest BCUT2D eigenvalue weighted by atomic mass is 10.2. The number of hydrogen-bond acceptors (Lipinski definition) is 5. The zero-order valence-corrected chi connectivity index (χ0v) is 11.9. The van der Waals surface area contributed by atoms with Crippen LogP contribution in [0.25, 0.3) is 6.08 Å². The highest BCUT2D eigenvalue weighted by Crippen LogP contribution is 2.05. The fourth-order valence-corrected chi connectivity index (χ4v) is 1.64. The summed E-state index contributed by atoms with van der Waals surface area (Å²) in [6, 6.07) is 3.10. The van der Waals surface area contributed by atoms with E-state index in [1.165, 1.54) is 30.3 Å². The van der Waals surface area contributed by atoms with Gasteiger partial charge in [0.1, 0.15) is 5.69 Å². The number of aromatic nitrogens is 1. The maximum Gasteiger partial charge on any atom is 0.328 e. The molecule has 0 fully saturated rings. The summed E-state index contributed by atoms with van der Waals surface area (Å²) in [5, 5.41) is 18.1. The zero-order valence-electron chi connectivity index (χ0n) is 11.9. The molecule has 0 aliphatic carbocycles. The van der Waals surface area contributed by atoms with Crippen molar-refractivity contribution >= 4 is 18.0 Å². The zero-order chi connectivity index (χ0) is 15.8. The van der Waals surface area contributed by atoms with Crippen LogP contribution >= 0.6 is 0 Å². The standard InChI is InChI=1S/C14H18N2O5/c1-16(8-11(17)9-21-2)14(20)12-5-3-10(7-15-12)4-6-13(18)19/h3-7,11,17H,8-9H2,1-2H3,(H,18,19). The second-order valence-electron chi connectivity index (χ2n) is 4.44. The fraction of sp³-hybridized carbons (Fsp3) is 0.357. The molecule has 7 nitrogen and oxygen atoms in total. The van der Waals surface area contributed by atoms with Crippen LogP contribution in [0.2, 0.25) is 0 Å². The summed E-state index contributed by atoms with van der Waals surface area (Å²) >= 11 is 0. The number of aliphatic carboxylic acids is 1. The highest BCUT2D eigenvalue weighted by atomic mass is 16.5. The summed E-state index contributed by atoms with van der Waals surface area (Å²) in [4.78, 5) is 27.8. The van der Waals surface area contributed by atoms with Gasteiger partial charge in [0, 0.05) is 33.0 Å². The molecule has 7 heteroatoms. The van der Waals surface area contributed by atoms with Gasteiger partial charge in [-0.1, -0.05) is 6.07 Å². The van der Waals surface area contributed by atoms with Gasteiger partial charge in [-0.05, 0) is 17.7 Å². The van der Waals surface area contributed by atoms with Crippen molar-refractivity contribution in [1.82, 2.24) is 9.88 Å². The number of aliphatic hydroxyl groups excluding tert-OH is 1. The number of carbonyl (C=O) groups excluding carboxylic acids is 1.